The van der Waals surface area contributed by atoms with Crippen molar-refractivity contribution in [1.29, 1.82) is 5.26 Å². The summed E-state index contributed by atoms with van der Waals surface area (Å²) in [5.74, 6) is -0.905. The Morgan fingerprint density at radius 1 is 1.19 bits per heavy atom. The predicted molar refractivity (Wildman–Crippen MR) is 66.6 cm³/mol. The van der Waals surface area contributed by atoms with Gasteiger partial charge in [0, 0.05) is 12.1 Å². The summed E-state index contributed by atoms with van der Waals surface area (Å²) in [6, 6.07) is 6.43. The van der Waals surface area contributed by atoms with Gasteiger partial charge in [0.2, 0.25) is 17.3 Å². The number of hydrogen-bond donors (Lipinski definition) is 0. The number of nitrogens with zero attached hydrogens (tertiary/aromatic N) is 5. The third-order valence-electron chi connectivity index (χ3n) is 2.29. The first-order valence-corrected chi connectivity index (χ1v) is 5.35. The van der Waals surface area contributed by atoms with Gasteiger partial charge in [0.05, 0.1) is 4.92 Å². The van der Waals surface area contributed by atoms with E-state index < -0.39 is 27.0 Å². The fourth-order valence-corrected chi connectivity index (χ4v) is 1.43. The quantitative estimate of drug-likeness (QED) is 0.612. The summed E-state index contributed by atoms with van der Waals surface area (Å²) in [6.45, 7) is 0. The molecule has 0 atom stereocenters. The van der Waals surface area contributed by atoms with E-state index in [1.807, 2.05) is 0 Å². The smallest absolute Gasteiger partial charge is 0.406 e. The Kier molecular flexibility index (Phi) is 3.67. The Bertz CT molecular complexity index is 770. The Morgan fingerprint density at radius 3 is 2.57 bits per heavy atom. The molecule has 2 rings (SSSR count). The summed E-state index contributed by atoms with van der Waals surface area (Å²) in [6.07, 6.45) is 1.22. The minimum Gasteiger partial charge on any atom is -0.430 e. The fraction of sp³-hybridized carbons (Fsp3) is 0. The maximum atomic E-state index is 10.8. The third-order valence-corrected chi connectivity index (χ3v) is 2.29. The number of aromatic nitrogens is 2. The monoisotopic (exact) mass is 287 g/mol. The highest BCUT2D eigenvalue weighted by Crippen LogP contribution is 2.29. The highest BCUT2D eigenvalue weighted by molar-refractivity contribution is 5.47. The van der Waals surface area contributed by atoms with E-state index in [9.17, 15) is 20.2 Å². The Morgan fingerprint density at radius 2 is 1.95 bits per heavy atom. The highest BCUT2D eigenvalue weighted by atomic mass is 16.6. The normalized spacial score (nSPS) is 9.67. The van der Waals surface area contributed by atoms with Crippen molar-refractivity contribution < 1.29 is 14.6 Å². The topological polar surface area (TPSA) is 145 Å². The zero-order chi connectivity index (χ0) is 15.4. The van der Waals surface area contributed by atoms with Gasteiger partial charge in [-0.1, -0.05) is 0 Å². The SMILES string of the molecule is N#Cc1nc(Oc2cccnc2[N+](=O)[O-])ccc1[N+](=O)[O-]. The largest absolute Gasteiger partial charge is 0.430 e. The molecule has 2 aromatic heterocycles. The number of nitro groups is 2. The minimum atomic E-state index is -0.762. The van der Waals surface area contributed by atoms with Crippen LogP contribution in [0.5, 0.6) is 11.6 Å². The third kappa shape index (κ3) is 2.87. The number of ether oxygens (including phenoxy) is 1. The second-order valence-electron chi connectivity index (χ2n) is 3.57. The minimum absolute atomic E-state index is 0.187. The van der Waals surface area contributed by atoms with E-state index in [4.69, 9.17) is 10.00 Å². The molecule has 0 aliphatic carbocycles. The molecule has 0 aromatic carbocycles. The molecule has 0 aliphatic heterocycles. The lowest BCUT2D eigenvalue weighted by atomic mass is 10.3. The van der Waals surface area contributed by atoms with Gasteiger partial charge in [-0.2, -0.15) is 10.2 Å². The van der Waals surface area contributed by atoms with Gasteiger partial charge in [0.1, 0.15) is 12.3 Å². The van der Waals surface area contributed by atoms with Gasteiger partial charge >= 0.3 is 11.5 Å². The Labute approximate surface area is 116 Å². The first-order chi connectivity index (χ1) is 10.0. The van der Waals surface area contributed by atoms with Gasteiger partial charge in [-0.05, 0) is 22.0 Å². The average Bonchev–Trinajstić information content (AvgIpc) is 2.47. The molecule has 0 unspecified atom stereocenters. The van der Waals surface area contributed by atoms with Crippen LogP contribution in [-0.2, 0) is 0 Å². The zero-order valence-corrected chi connectivity index (χ0v) is 10.2. The molecule has 104 valence electrons. The van der Waals surface area contributed by atoms with Gasteiger partial charge in [-0.15, -0.1) is 0 Å². The van der Waals surface area contributed by atoms with E-state index >= 15 is 0 Å². The number of pyridine rings is 2. The molecule has 0 saturated carbocycles. The molecule has 21 heavy (non-hydrogen) atoms. The predicted octanol–water partition coefficient (Wildman–Crippen LogP) is 1.96. The van der Waals surface area contributed by atoms with Crippen molar-refractivity contribution in [1.82, 2.24) is 9.97 Å². The molecule has 0 spiro atoms. The lowest BCUT2D eigenvalue weighted by Crippen LogP contribution is -1.99. The summed E-state index contributed by atoms with van der Waals surface area (Å²) < 4.78 is 5.16. The molecular weight excluding hydrogens is 282 g/mol. The maximum Gasteiger partial charge on any atom is 0.406 e. The van der Waals surface area contributed by atoms with Crippen LogP contribution in [0.1, 0.15) is 5.69 Å². The van der Waals surface area contributed by atoms with Crippen LogP contribution in [0.3, 0.4) is 0 Å². The molecule has 0 N–H and O–H groups in total. The number of hydrogen-bond acceptors (Lipinski definition) is 8. The highest BCUT2D eigenvalue weighted by Gasteiger charge is 2.20. The van der Waals surface area contributed by atoms with Crippen molar-refractivity contribution in [3.63, 3.8) is 0 Å². The average molecular weight is 287 g/mol. The van der Waals surface area contributed by atoms with Crippen molar-refractivity contribution in [3.8, 4) is 17.7 Å². The van der Waals surface area contributed by atoms with Crippen LogP contribution < -0.4 is 4.74 Å². The van der Waals surface area contributed by atoms with E-state index in [0.29, 0.717) is 0 Å². The molecular formula is C11H5N5O5. The zero-order valence-electron chi connectivity index (χ0n) is 10.2. The Hall–Kier alpha value is -3.61. The maximum absolute atomic E-state index is 10.8. The molecule has 0 saturated heterocycles. The van der Waals surface area contributed by atoms with Crippen LogP contribution in [0, 0.1) is 31.6 Å². The van der Waals surface area contributed by atoms with E-state index in [0.717, 1.165) is 12.1 Å². The molecule has 0 radical (unpaired) electrons. The first-order valence-electron chi connectivity index (χ1n) is 5.35. The van der Waals surface area contributed by atoms with Gasteiger partial charge in [0.15, 0.2) is 0 Å². The molecule has 0 bridgehead atoms. The lowest BCUT2D eigenvalue weighted by Gasteiger charge is -2.04. The summed E-state index contributed by atoms with van der Waals surface area (Å²) in [5, 5.41) is 30.3. The van der Waals surface area contributed by atoms with Gasteiger partial charge in [0.25, 0.3) is 0 Å². The van der Waals surface area contributed by atoms with Crippen LogP contribution in [0.15, 0.2) is 30.5 Å². The standard InChI is InChI=1S/C11H5N5O5/c12-6-7-8(15(17)18)3-4-10(14-7)21-9-2-1-5-13-11(9)16(19)20/h1-5H. The van der Waals surface area contributed by atoms with Gasteiger partial charge < -0.3 is 14.9 Å². The summed E-state index contributed by atoms with van der Waals surface area (Å²) in [4.78, 5) is 27.1. The van der Waals surface area contributed by atoms with Crippen molar-refractivity contribution in [3.05, 3.63) is 56.4 Å². The molecule has 0 aliphatic rings. The second-order valence-corrected chi connectivity index (χ2v) is 3.57. The molecule has 2 aromatic rings. The first kappa shape index (κ1) is 13.8. The van der Waals surface area contributed by atoms with Crippen LogP contribution in [0.4, 0.5) is 11.5 Å². The summed E-state index contributed by atoms with van der Waals surface area (Å²) in [5.41, 5.74) is -0.936. The molecule has 10 nitrogen and oxygen atoms in total. The molecule has 0 fully saturated rings. The van der Waals surface area contributed by atoms with Crippen LogP contribution >= 0.6 is 0 Å². The van der Waals surface area contributed by atoms with E-state index in [2.05, 4.69) is 9.97 Å². The molecule has 10 heteroatoms. The summed E-state index contributed by atoms with van der Waals surface area (Å²) in [7, 11) is 0. The van der Waals surface area contributed by atoms with Crippen LogP contribution in [0.2, 0.25) is 0 Å². The summed E-state index contributed by atoms with van der Waals surface area (Å²) >= 11 is 0. The van der Waals surface area contributed by atoms with Crippen molar-refractivity contribution in [2.75, 3.05) is 0 Å². The van der Waals surface area contributed by atoms with Gasteiger partial charge in [-0.25, -0.2) is 0 Å². The van der Waals surface area contributed by atoms with E-state index in [1.165, 1.54) is 18.3 Å². The van der Waals surface area contributed by atoms with E-state index in [-0.39, 0.29) is 11.6 Å². The lowest BCUT2D eigenvalue weighted by molar-refractivity contribution is -0.390. The Balaban J connectivity index is 2.40. The van der Waals surface area contributed by atoms with Gasteiger partial charge in [-0.3, -0.25) is 10.1 Å². The number of rotatable bonds is 4. The van der Waals surface area contributed by atoms with Crippen LogP contribution in [-0.4, -0.2) is 19.8 Å². The second kappa shape index (κ2) is 5.57. The van der Waals surface area contributed by atoms with Crippen molar-refractivity contribution in [2.45, 2.75) is 0 Å². The number of nitriles is 1. The van der Waals surface area contributed by atoms with Crippen molar-refractivity contribution in [2.24, 2.45) is 0 Å². The van der Waals surface area contributed by atoms with Crippen LogP contribution in [0.25, 0.3) is 0 Å². The fourth-order valence-electron chi connectivity index (χ4n) is 1.43. The molecule has 2 heterocycles. The van der Waals surface area contributed by atoms with E-state index in [1.54, 1.807) is 6.07 Å². The molecule has 0 amide bonds. The van der Waals surface area contributed by atoms with Crippen molar-refractivity contribution >= 4 is 11.5 Å².